The Labute approximate surface area is 175 Å². The Hall–Kier alpha value is -3.37. The van der Waals surface area contributed by atoms with Crippen LogP contribution in [0.5, 0.6) is 5.75 Å². The molecule has 3 heterocycles. The molecule has 31 heavy (non-hydrogen) atoms. The number of halogens is 3. The molecule has 2 N–H and O–H groups in total. The number of fused-ring (bicyclic) bond motifs is 1. The minimum absolute atomic E-state index is 0.0510. The van der Waals surface area contributed by atoms with E-state index >= 15 is 0 Å². The highest BCUT2D eigenvalue weighted by molar-refractivity contribution is 6.40. The highest BCUT2D eigenvalue weighted by atomic mass is 19.4. The Balaban J connectivity index is 1.55. The van der Waals surface area contributed by atoms with Gasteiger partial charge in [-0.05, 0) is 31.4 Å². The molecule has 2 aromatic heterocycles. The van der Waals surface area contributed by atoms with Crippen molar-refractivity contribution >= 4 is 23.3 Å². The van der Waals surface area contributed by atoms with Gasteiger partial charge >= 0.3 is 18.0 Å². The third-order valence-corrected chi connectivity index (χ3v) is 5.42. The van der Waals surface area contributed by atoms with E-state index in [4.69, 9.17) is 10.5 Å². The zero-order chi connectivity index (χ0) is 22.2. The van der Waals surface area contributed by atoms with Gasteiger partial charge in [0.05, 0.1) is 30.5 Å². The van der Waals surface area contributed by atoms with Crippen molar-refractivity contribution in [3.05, 3.63) is 41.9 Å². The fourth-order valence-corrected chi connectivity index (χ4v) is 3.51. The molecule has 0 saturated heterocycles. The zero-order valence-corrected chi connectivity index (χ0v) is 16.4. The normalized spacial score (nSPS) is 16.2. The average molecular weight is 435 g/mol. The summed E-state index contributed by atoms with van der Waals surface area (Å²) in [7, 11) is 0. The third kappa shape index (κ3) is 4.25. The molecule has 164 valence electrons. The highest BCUT2D eigenvalue weighted by Crippen LogP contribution is 2.33. The molecule has 0 unspecified atom stereocenters. The van der Waals surface area contributed by atoms with Gasteiger partial charge in [0, 0.05) is 18.3 Å². The lowest BCUT2D eigenvalue weighted by Crippen LogP contribution is -2.52. The number of rotatable bonds is 3. The first-order valence-electron chi connectivity index (χ1n) is 9.77. The van der Waals surface area contributed by atoms with Crippen LogP contribution in [0.25, 0.3) is 0 Å². The van der Waals surface area contributed by atoms with Crippen LogP contribution in [-0.2, 0) is 22.3 Å². The van der Waals surface area contributed by atoms with E-state index in [2.05, 4.69) is 9.97 Å². The van der Waals surface area contributed by atoms with Gasteiger partial charge in [0.15, 0.2) is 0 Å². The van der Waals surface area contributed by atoms with Crippen LogP contribution in [0.4, 0.5) is 24.7 Å². The van der Waals surface area contributed by atoms with E-state index < -0.39 is 23.6 Å². The van der Waals surface area contributed by atoms with Crippen LogP contribution in [0.15, 0.2) is 30.6 Å². The number of carbonyl (C=O) groups is 2. The number of aromatic nitrogens is 2. The van der Waals surface area contributed by atoms with Crippen LogP contribution in [-0.4, -0.2) is 45.9 Å². The minimum Gasteiger partial charge on any atom is -0.489 e. The van der Waals surface area contributed by atoms with Gasteiger partial charge in [0.2, 0.25) is 0 Å². The first-order chi connectivity index (χ1) is 14.7. The number of nitrogens with two attached hydrogens (primary N) is 1. The van der Waals surface area contributed by atoms with Gasteiger partial charge < -0.3 is 15.4 Å². The fraction of sp³-hybridized carbons (Fsp3) is 0.400. The second-order valence-corrected chi connectivity index (χ2v) is 7.44. The number of anilines is 2. The van der Waals surface area contributed by atoms with Crippen LogP contribution in [0.3, 0.4) is 0 Å². The van der Waals surface area contributed by atoms with Gasteiger partial charge in [0.25, 0.3) is 0 Å². The second kappa shape index (κ2) is 8.05. The van der Waals surface area contributed by atoms with Crippen molar-refractivity contribution in [3.63, 3.8) is 0 Å². The summed E-state index contributed by atoms with van der Waals surface area (Å²) in [6.07, 6.45) is -0.0390. The van der Waals surface area contributed by atoms with E-state index in [-0.39, 0.29) is 37.3 Å². The molecular formula is C20H20F3N5O3. The van der Waals surface area contributed by atoms with Crippen molar-refractivity contribution < 1.29 is 27.5 Å². The maximum atomic E-state index is 13.1. The number of hydrogen-bond acceptors (Lipinski definition) is 6. The third-order valence-electron chi connectivity index (χ3n) is 5.42. The van der Waals surface area contributed by atoms with Gasteiger partial charge in [-0.1, -0.05) is 0 Å². The molecule has 11 heteroatoms. The minimum atomic E-state index is -4.49. The first-order valence-corrected chi connectivity index (χ1v) is 9.77. The molecule has 4 rings (SSSR count). The van der Waals surface area contributed by atoms with Gasteiger partial charge in [-0.2, -0.15) is 13.2 Å². The lowest BCUT2D eigenvalue weighted by molar-refractivity contribution is -0.148. The molecule has 0 radical (unpaired) electrons. The monoisotopic (exact) mass is 435 g/mol. The number of ether oxygens (including phenoxy) is 1. The van der Waals surface area contributed by atoms with Crippen LogP contribution in [0, 0.1) is 0 Å². The van der Waals surface area contributed by atoms with E-state index in [0.717, 1.165) is 31.5 Å². The summed E-state index contributed by atoms with van der Waals surface area (Å²) < 4.78 is 43.8. The summed E-state index contributed by atoms with van der Waals surface area (Å²) in [6.45, 7) is 0.310. The van der Waals surface area contributed by atoms with Crippen molar-refractivity contribution in [2.45, 2.75) is 38.0 Å². The second-order valence-electron chi connectivity index (χ2n) is 7.44. The van der Waals surface area contributed by atoms with Crippen molar-refractivity contribution in [2.75, 3.05) is 23.8 Å². The smallest absolute Gasteiger partial charge is 0.417 e. The highest BCUT2D eigenvalue weighted by Gasteiger charge is 2.37. The Morgan fingerprint density at radius 3 is 2.61 bits per heavy atom. The number of carbonyl (C=O) groups excluding carboxylic acids is 2. The topological polar surface area (TPSA) is 102 Å². The number of alkyl halides is 3. The first kappa shape index (κ1) is 20.9. The number of nitrogens with zero attached hydrogens (tertiary/aromatic N) is 4. The lowest BCUT2D eigenvalue weighted by Gasteiger charge is -2.38. The number of pyridine rings is 2. The molecule has 1 aliphatic heterocycles. The maximum absolute atomic E-state index is 13.1. The van der Waals surface area contributed by atoms with E-state index in [1.54, 1.807) is 0 Å². The van der Waals surface area contributed by atoms with Crippen LogP contribution in [0.2, 0.25) is 0 Å². The Kier molecular flexibility index (Phi) is 5.42. The molecule has 0 aromatic carbocycles. The standard InChI is InChI=1S/C20H20F3N5O3/c21-20(22,23)12-4-5-13(25-9-12)11-28(14-2-1-3-14)19(30)18(29)27-6-7-31-16-8-17(24)26-10-15(16)27/h4-5,8-10,14H,1-3,6-7,11H2,(H2,24,26). The summed E-state index contributed by atoms with van der Waals surface area (Å²) in [5.41, 5.74) is 5.41. The van der Waals surface area contributed by atoms with Crippen LogP contribution >= 0.6 is 0 Å². The SMILES string of the molecule is Nc1cc2c(cn1)N(C(=O)C(=O)N(Cc1ccc(C(F)(F)F)cn1)C1CCC1)CCO2. The van der Waals surface area contributed by atoms with Gasteiger partial charge in [-0.3, -0.25) is 19.5 Å². The molecular weight excluding hydrogens is 415 g/mol. The molecule has 0 atom stereocenters. The van der Waals surface area contributed by atoms with Crippen LogP contribution < -0.4 is 15.4 Å². The Bertz CT molecular complexity index is 993. The fourth-order valence-electron chi connectivity index (χ4n) is 3.51. The lowest BCUT2D eigenvalue weighted by atomic mass is 9.91. The summed E-state index contributed by atoms with van der Waals surface area (Å²) in [5, 5.41) is 0. The molecule has 2 aromatic rings. The van der Waals surface area contributed by atoms with Crippen molar-refractivity contribution in [2.24, 2.45) is 0 Å². The molecule has 1 aliphatic carbocycles. The molecule has 0 spiro atoms. The zero-order valence-electron chi connectivity index (χ0n) is 16.4. The molecule has 0 bridgehead atoms. The Morgan fingerprint density at radius 2 is 2.00 bits per heavy atom. The quantitative estimate of drug-likeness (QED) is 0.743. The predicted octanol–water partition coefficient (Wildman–Crippen LogP) is 2.38. The summed E-state index contributed by atoms with van der Waals surface area (Å²) in [5.74, 6) is -0.908. The van der Waals surface area contributed by atoms with E-state index in [1.165, 1.54) is 28.1 Å². The number of amides is 2. The molecule has 2 amide bonds. The van der Waals surface area contributed by atoms with Gasteiger partial charge in [0.1, 0.15) is 23.9 Å². The molecule has 1 fully saturated rings. The van der Waals surface area contributed by atoms with E-state index in [0.29, 0.717) is 11.4 Å². The largest absolute Gasteiger partial charge is 0.489 e. The van der Waals surface area contributed by atoms with E-state index in [9.17, 15) is 22.8 Å². The van der Waals surface area contributed by atoms with Gasteiger partial charge in [-0.25, -0.2) is 4.98 Å². The summed E-state index contributed by atoms with van der Waals surface area (Å²) in [4.78, 5) is 36.7. The predicted molar refractivity (Wildman–Crippen MR) is 104 cm³/mol. The van der Waals surface area contributed by atoms with Crippen LogP contribution in [0.1, 0.15) is 30.5 Å². The van der Waals surface area contributed by atoms with Crippen molar-refractivity contribution in [3.8, 4) is 5.75 Å². The van der Waals surface area contributed by atoms with Crippen molar-refractivity contribution in [1.82, 2.24) is 14.9 Å². The maximum Gasteiger partial charge on any atom is 0.417 e. The average Bonchev–Trinajstić information content (AvgIpc) is 2.70. The molecule has 8 nitrogen and oxygen atoms in total. The van der Waals surface area contributed by atoms with Crippen molar-refractivity contribution in [1.29, 1.82) is 0 Å². The molecule has 1 saturated carbocycles. The number of hydrogen-bond donors (Lipinski definition) is 1. The summed E-state index contributed by atoms with van der Waals surface area (Å²) >= 11 is 0. The summed E-state index contributed by atoms with van der Waals surface area (Å²) in [6, 6.07) is 3.46. The van der Waals surface area contributed by atoms with E-state index in [1.807, 2.05) is 0 Å². The molecule has 2 aliphatic rings. The Morgan fingerprint density at radius 1 is 1.23 bits per heavy atom. The van der Waals surface area contributed by atoms with Gasteiger partial charge in [-0.15, -0.1) is 0 Å². The number of nitrogen functional groups attached to an aromatic ring is 1.